The normalized spacial score (nSPS) is 24.7. The lowest BCUT2D eigenvalue weighted by atomic mass is 10.4. The highest BCUT2D eigenvalue weighted by Crippen LogP contribution is 2.08. The largest absolute Gasteiger partial charge is 0.302 e. The molecule has 1 nitrogen and oxygen atoms in total. The fourth-order valence-electron chi connectivity index (χ4n) is 1.34. The van der Waals surface area contributed by atoms with Gasteiger partial charge in [0.1, 0.15) is 0 Å². The quantitative estimate of drug-likeness (QED) is 0.575. The first kappa shape index (κ1) is 7.42. The third kappa shape index (κ3) is 2.59. The van der Waals surface area contributed by atoms with E-state index in [9.17, 15) is 0 Å². The standard InChI is InChI=1S/C7H15NS/c1-7(9)6-8-4-2-3-5-8/h7,9H,2-6H2,1H3. The van der Waals surface area contributed by atoms with Gasteiger partial charge in [0.15, 0.2) is 0 Å². The topological polar surface area (TPSA) is 3.24 Å². The van der Waals surface area contributed by atoms with E-state index in [0.29, 0.717) is 5.25 Å². The second-order valence-electron chi connectivity index (χ2n) is 2.86. The Hall–Kier alpha value is 0.310. The fourth-order valence-corrected chi connectivity index (χ4v) is 1.57. The number of hydrogen-bond donors (Lipinski definition) is 1. The van der Waals surface area contributed by atoms with E-state index < -0.39 is 0 Å². The van der Waals surface area contributed by atoms with Crippen molar-refractivity contribution in [3.05, 3.63) is 0 Å². The van der Waals surface area contributed by atoms with Crippen molar-refractivity contribution in [1.29, 1.82) is 0 Å². The van der Waals surface area contributed by atoms with Gasteiger partial charge < -0.3 is 4.90 Å². The van der Waals surface area contributed by atoms with Gasteiger partial charge in [0.25, 0.3) is 0 Å². The van der Waals surface area contributed by atoms with E-state index in [1.165, 1.54) is 32.5 Å². The first-order valence-corrected chi connectivity index (χ1v) is 4.21. The Morgan fingerprint density at radius 1 is 1.44 bits per heavy atom. The van der Waals surface area contributed by atoms with Gasteiger partial charge in [-0.1, -0.05) is 6.92 Å². The molecule has 0 aliphatic carbocycles. The van der Waals surface area contributed by atoms with Crippen molar-refractivity contribution in [1.82, 2.24) is 4.90 Å². The van der Waals surface area contributed by atoms with Crippen LogP contribution in [0.3, 0.4) is 0 Å². The summed E-state index contributed by atoms with van der Waals surface area (Å²) in [5, 5.41) is 0.545. The molecule has 1 aliphatic rings. The average Bonchev–Trinajstić information content (AvgIpc) is 2.15. The number of hydrogen-bond acceptors (Lipinski definition) is 2. The van der Waals surface area contributed by atoms with Crippen LogP contribution in [-0.2, 0) is 0 Å². The summed E-state index contributed by atoms with van der Waals surface area (Å²) in [4.78, 5) is 2.48. The molecule has 1 saturated heterocycles. The van der Waals surface area contributed by atoms with Crippen molar-refractivity contribution in [3.8, 4) is 0 Å². The smallest absolute Gasteiger partial charge is 0.0116 e. The van der Waals surface area contributed by atoms with E-state index in [1.807, 2.05) is 0 Å². The molecule has 0 N–H and O–H groups in total. The summed E-state index contributed by atoms with van der Waals surface area (Å²) in [7, 11) is 0. The number of rotatable bonds is 2. The molecule has 0 amide bonds. The maximum atomic E-state index is 4.33. The molecule has 0 spiro atoms. The van der Waals surface area contributed by atoms with Crippen LogP contribution < -0.4 is 0 Å². The maximum Gasteiger partial charge on any atom is 0.0116 e. The Morgan fingerprint density at radius 3 is 2.44 bits per heavy atom. The molecule has 0 bridgehead atoms. The summed E-state index contributed by atoms with van der Waals surface area (Å²) in [5.41, 5.74) is 0. The first-order chi connectivity index (χ1) is 4.29. The van der Waals surface area contributed by atoms with Gasteiger partial charge in [0.05, 0.1) is 0 Å². The molecule has 2 heteroatoms. The molecule has 0 saturated carbocycles. The molecule has 54 valence electrons. The lowest BCUT2D eigenvalue weighted by molar-refractivity contribution is 0.344. The molecule has 1 atom stereocenters. The van der Waals surface area contributed by atoms with Gasteiger partial charge in [-0.3, -0.25) is 0 Å². The van der Waals surface area contributed by atoms with E-state index in [1.54, 1.807) is 0 Å². The minimum Gasteiger partial charge on any atom is -0.302 e. The fraction of sp³-hybridized carbons (Fsp3) is 1.00. The lowest BCUT2D eigenvalue weighted by Gasteiger charge is -2.15. The molecule has 0 aromatic carbocycles. The Labute approximate surface area is 62.8 Å². The minimum absolute atomic E-state index is 0.545. The lowest BCUT2D eigenvalue weighted by Crippen LogP contribution is -2.25. The molecule has 1 unspecified atom stereocenters. The third-order valence-electron chi connectivity index (χ3n) is 1.72. The number of thiol groups is 1. The van der Waals surface area contributed by atoms with Gasteiger partial charge in [-0.25, -0.2) is 0 Å². The van der Waals surface area contributed by atoms with Gasteiger partial charge in [-0.05, 0) is 25.9 Å². The molecule has 0 aromatic rings. The predicted octanol–water partition coefficient (Wildman–Crippen LogP) is 1.40. The van der Waals surface area contributed by atoms with Crippen molar-refractivity contribution in [2.24, 2.45) is 0 Å². The van der Waals surface area contributed by atoms with Crippen LogP contribution in [0, 0.1) is 0 Å². The van der Waals surface area contributed by atoms with Crippen LogP contribution >= 0.6 is 12.6 Å². The molecule has 0 radical (unpaired) electrons. The predicted molar refractivity (Wildman–Crippen MR) is 44.1 cm³/mol. The molecule has 0 aromatic heterocycles. The highest BCUT2D eigenvalue weighted by atomic mass is 32.1. The monoisotopic (exact) mass is 145 g/mol. The van der Waals surface area contributed by atoms with Gasteiger partial charge in [-0.2, -0.15) is 12.6 Å². The Balaban J connectivity index is 2.11. The minimum atomic E-state index is 0.545. The SMILES string of the molecule is CC(S)CN1CCCC1. The van der Waals surface area contributed by atoms with Crippen LogP contribution in [0.4, 0.5) is 0 Å². The zero-order chi connectivity index (χ0) is 6.69. The Bertz CT molecular complexity index is 77.0. The summed E-state index contributed by atoms with van der Waals surface area (Å²) >= 11 is 4.33. The molecule has 1 heterocycles. The van der Waals surface area contributed by atoms with Gasteiger partial charge in [0.2, 0.25) is 0 Å². The highest BCUT2D eigenvalue weighted by Gasteiger charge is 2.11. The molecule has 1 fully saturated rings. The highest BCUT2D eigenvalue weighted by molar-refractivity contribution is 7.80. The molecular formula is C7H15NS. The summed E-state index contributed by atoms with van der Waals surface area (Å²) < 4.78 is 0. The number of likely N-dealkylation sites (tertiary alicyclic amines) is 1. The molecule has 1 aliphatic heterocycles. The van der Waals surface area contributed by atoms with Crippen LogP contribution in [-0.4, -0.2) is 29.8 Å². The van der Waals surface area contributed by atoms with Crippen molar-refractivity contribution < 1.29 is 0 Å². The Morgan fingerprint density at radius 2 is 2.00 bits per heavy atom. The van der Waals surface area contributed by atoms with Crippen LogP contribution in [0.5, 0.6) is 0 Å². The van der Waals surface area contributed by atoms with E-state index in [-0.39, 0.29) is 0 Å². The maximum absolute atomic E-state index is 4.33. The van der Waals surface area contributed by atoms with Gasteiger partial charge in [-0.15, -0.1) is 0 Å². The second-order valence-corrected chi connectivity index (χ2v) is 3.74. The molecular weight excluding hydrogens is 130 g/mol. The van der Waals surface area contributed by atoms with Crippen molar-refractivity contribution in [2.75, 3.05) is 19.6 Å². The second kappa shape index (κ2) is 3.47. The number of nitrogens with zero attached hydrogens (tertiary/aromatic N) is 1. The summed E-state index contributed by atoms with van der Waals surface area (Å²) in [5.74, 6) is 0. The van der Waals surface area contributed by atoms with Crippen molar-refractivity contribution in [3.63, 3.8) is 0 Å². The Kier molecular flexibility index (Phi) is 2.86. The van der Waals surface area contributed by atoms with Crippen LogP contribution in [0.15, 0.2) is 0 Å². The summed E-state index contributed by atoms with van der Waals surface area (Å²) in [6.07, 6.45) is 2.78. The van der Waals surface area contributed by atoms with Crippen LogP contribution in [0.1, 0.15) is 19.8 Å². The first-order valence-electron chi connectivity index (χ1n) is 3.69. The summed E-state index contributed by atoms with van der Waals surface area (Å²) in [6, 6.07) is 0. The average molecular weight is 145 g/mol. The van der Waals surface area contributed by atoms with Crippen molar-refractivity contribution in [2.45, 2.75) is 25.0 Å². The van der Waals surface area contributed by atoms with Crippen LogP contribution in [0.2, 0.25) is 0 Å². The zero-order valence-electron chi connectivity index (χ0n) is 6.01. The van der Waals surface area contributed by atoms with E-state index in [0.717, 1.165) is 0 Å². The van der Waals surface area contributed by atoms with Gasteiger partial charge in [0, 0.05) is 11.8 Å². The van der Waals surface area contributed by atoms with Gasteiger partial charge >= 0.3 is 0 Å². The summed E-state index contributed by atoms with van der Waals surface area (Å²) in [6.45, 7) is 5.92. The van der Waals surface area contributed by atoms with Crippen LogP contribution in [0.25, 0.3) is 0 Å². The molecule has 9 heavy (non-hydrogen) atoms. The molecule has 1 rings (SSSR count). The van der Waals surface area contributed by atoms with E-state index in [2.05, 4.69) is 24.5 Å². The third-order valence-corrected chi connectivity index (χ3v) is 1.88. The van der Waals surface area contributed by atoms with E-state index in [4.69, 9.17) is 0 Å². The van der Waals surface area contributed by atoms with E-state index >= 15 is 0 Å². The zero-order valence-corrected chi connectivity index (χ0v) is 6.90. The van der Waals surface area contributed by atoms with Crippen molar-refractivity contribution >= 4 is 12.6 Å².